The SMILES string of the molecule is COc1cccc(C2=C(C)c3cc(OC)ccc3O[C@@H]2c2ccc(C#CCN3CC[C@@H](C)C3)cc2)c1. The van der Waals surface area contributed by atoms with Crippen LogP contribution in [0, 0.1) is 17.8 Å². The smallest absolute Gasteiger partial charge is 0.150 e. The molecule has 0 aromatic heterocycles. The lowest BCUT2D eigenvalue weighted by molar-refractivity contribution is 0.259. The van der Waals surface area contributed by atoms with Crippen molar-refractivity contribution in [1.29, 1.82) is 0 Å². The van der Waals surface area contributed by atoms with Crippen molar-refractivity contribution < 1.29 is 14.2 Å². The van der Waals surface area contributed by atoms with Crippen molar-refractivity contribution in [2.45, 2.75) is 26.4 Å². The molecule has 4 heteroatoms. The Labute approximate surface area is 214 Å². The molecule has 3 aromatic carbocycles. The van der Waals surface area contributed by atoms with Crippen molar-refractivity contribution in [3.05, 3.63) is 89.0 Å². The van der Waals surface area contributed by atoms with Gasteiger partial charge in [-0.3, -0.25) is 4.90 Å². The summed E-state index contributed by atoms with van der Waals surface area (Å²) in [5.74, 6) is 9.96. The Balaban J connectivity index is 1.47. The van der Waals surface area contributed by atoms with Crippen LogP contribution in [0.25, 0.3) is 11.1 Å². The van der Waals surface area contributed by atoms with Gasteiger partial charge in [0.2, 0.25) is 0 Å². The molecular formula is C32H33NO3. The number of likely N-dealkylation sites (tertiary alicyclic amines) is 1. The van der Waals surface area contributed by atoms with E-state index in [0.717, 1.165) is 76.2 Å². The average molecular weight is 480 g/mol. The monoisotopic (exact) mass is 479 g/mol. The van der Waals surface area contributed by atoms with Gasteiger partial charge in [-0.2, -0.15) is 0 Å². The topological polar surface area (TPSA) is 30.9 Å². The second kappa shape index (κ2) is 10.5. The first-order valence-electron chi connectivity index (χ1n) is 12.6. The average Bonchev–Trinajstić information content (AvgIpc) is 3.33. The molecular weight excluding hydrogens is 446 g/mol. The maximum atomic E-state index is 6.63. The van der Waals surface area contributed by atoms with E-state index in [2.05, 4.69) is 67.0 Å². The molecule has 36 heavy (non-hydrogen) atoms. The molecule has 0 aliphatic carbocycles. The van der Waals surface area contributed by atoms with Crippen molar-refractivity contribution in [2.24, 2.45) is 5.92 Å². The van der Waals surface area contributed by atoms with Gasteiger partial charge >= 0.3 is 0 Å². The minimum absolute atomic E-state index is 0.244. The molecule has 1 saturated heterocycles. The van der Waals surface area contributed by atoms with E-state index in [1.165, 1.54) is 6.42 Å². The van der Waals surface area contributed by atoms with E-state index in [1.807, 2.05) is 30.3 Å². The predicted molar refractivity (Wildman–Crippen MR) is 145 cm³/mol. The molecule has 0 saturated carbocycles. The van der Waals surface area contributed by atoms with Crippen LogP contribution in [-0.2, 0) is 0 Å². The zero-order valence-corrected chi connectivity index (χ0v) is 21.5. The number of fused-ring (bicyclic) bond motifs is 1. The fourth-order valence-corrected chi connectivity index (χ4v) is 5.12. The lowest BCUT2D eigenvalue weighted by Crippen LogP contribution is -2.20. The van der Waals surface area contributed by atoms with E-state index < -0.39 is 0 Å². The number of rotatable bonds is 5. The Hall–Kier alpha value is -3.68. The van der Waals surface area contributed by atoms with Crippen LogP contribution in [0.5, 0.6) is 17.2 Å². The Kier molecular flexibility index (Phi) is 7.02. The summed E-state index contributed by atoms with van der Waals surface area (Å²) in [6.45, 7) is 7.60. The van der Waals surface area contributed by atoms with Crippen molar-refractivity contribution in [2.75, 3.05) is 33.9 Å². The van der Waals surface area contributed by atoms with E-state index in [-0.39, 0.29) is 6.10 Å². The van der Waals surface area contributed by atoms with Crippen LogP contribution in [0.4, 0.5) is 0 Å². The van der Waals surface area contributed by atoms with Gasteiger partial charge in [0.1, 0.15) is 23.4 Å². The maximum absolute atomic E-state index is 6.63. The highest BCUT2D eigenvalue weighted by molar-refractivity contribution is 5.95. The zero-order valence-electron chi connectivity index (χ0n) is 21.5. The summed E-state index contributed by atoms with van der Waals surface area (Å²) in [4.78, 5) is 2.43. The van der Waals surface area contributed by atoms with E-state index >= 15 is 0 Å². The lowest BCUT2D eigenvalue weighted by Gasteiger charge is -2.31. The third-order valence-electron chi connectivity index (χ3n) is 7.14. The van der Waals surface area contributed by atoms with Crippen LogP contribution in [-0.4, -0.2) is 38.8 Å². The highest BCUT2D eigenvalue weighted by Gasteiger charge is 2.29. The molecule has 5 rings (SSSR count). The molecule has 0 amide bonds. The molecule has 3 aromatic rings. The molecule has 2 heterocycles. The summed E-state index contributed by atoms with van der Waals surface area (Å²) in [7, 11) is 3.38. The normalized spacial score (nSPS) is 19.2. The second-order valence-corrected chi connectivity index (χ2v) is 9.68. The molecule has 2 aliphatic heterocycles. The number of benzene rings is 3. The largest absolute Gasteiger partial charge is 0.497 e. The Morgan fingerprint density at radius 3 is 2.47 bits per heavy atom. The summed E-state index contributed by atoms with van der Waals surface area (Å²) >= 11 is 0. The van der Waals surface area contributed by atoms with Gasteiger partial charge in [0.15, 0.2) is 0 Å². The van der Waals surface area contributed by atoms with Crippen LogP contribution < -0.4 is 14.2 Å². The molecule has 0 radical (unpaired) electrons. The summed E-state index contributed by atoms with van der Waals surface area (Å²) in [5, 5.41) is 0. The highest BCUT2D eigenvalue weighted by atomic mass is 16.5. The second-order valence-electron chi connectivity index (χ2n) is 9.68. The standard InChI is InChI=1S/C32H33NO3/c1-22-16-18-33(21-22)17-6-7-24-10-12-25(13-11-24)32-31(26-8-5-9-27(19-26)34-3)23(2)29-20-28(35-4)14-15-30(29)36-32/h5,8-15,19-20,22,32H,16-18,21H2,1-4H3/t22-,32-/m1/s1. The van der Waals surface area contributed by atoms with Gasteiger partial charge < -0.3 is 14.2 Å². The number of allylic oxidation sites excluding steroid dienone is 1. The first-order valence-corrected chi connectivity index (χ1v) is 12.6. The minimum atomic E-state index is -0.244. The fraction of sp³-hybridized carbons (Fsp3) is 0.312. The summed E-state index contributed by atoms with van der Waals surface area (Å²) in [6.07, 6.45) is 1.03. The third-order valence-corrected chi connectivity index (χ3v) is 7.14. The quantitative estimate of drug-likeness (QED) is 0.393. The van der Waals surface area contributed by atoms with Gasteiger partial charge in [-0.15, -0.1) is 0 Å². The molecule has 184 valence electrons. The zero-order chi connectivity index (χ0) is 25.1. The molecule has 1 fully saturated rings. The Morgan fingerprint density at radius 1 is 0.972 bits per heavy atom. The minimum Gasteiger partial charge on any atom is -0.497 e. The van der Waals surface area contributed by atoms with Crippen molar-refractivity contribution in [1.82, 2.24) is 4.90 Å². The number of hydrogen-bond acceptors (Lipinski definition) is 4. The highest BCUT2D eigenvalue weighted by Crippen LogP contribution is 2.47. The van der Waals surface area contributed by atoms with E-state index in [1.54, 1.807) is 14.2 Å². The van der Waals surface area contributed by atoms with Crippen LogP contribution in [0.1, 0.15) is 48.6 Å². The van der Waals surface area contributed by atoms with Gasteiger partial charge in [-0.1, -0.05) is 43.0 Å². The van der Waals surface area contributed by atoms with Crippen LogP contribution >= 0.6 is 0 Å². The van der Waals surface area contributed by atoms with Gasteiger partial charge in [0, 0.05) is 23.2 Å². The summed E-state index contributed by atoms with van der Waals surface area (Å²) in [6, 6.07) is 22.6. The van der Waals surface area contributed by atoms with Gasteiger partial charge in [0.25, 0.3) is 0 Å². The maximum Gasteiger partial charge on any atom is 0.150 e. The van der Waals surface area contributed by atoms with Crippen molar-refractivity contribution in [3.63, 3.8) is 0 Å². The number of hydrogen-bond donors (Lipinski definition) is 0. The van der Waals surface area contributed by atoms with E-state index in [4.69, 9.17) is 14.2 Å². The Bertz CT molecular complexity index is 1330. The molecule has 0 unspecified atom stereocenters. The number of methoxy groups -OCH3 is 2. The number of nitrogens with zero attached hydrogens (tertiary/aromatic N) is 1. The van der Waals surface area contributed by atoms with Crippen LogP contribution in [0.15, 0.2) is 66.7 Å². The molecule has 2 atom stereocenters. The van der Waals surface area contributed by atoms with Crippen molar-refractivity contribution >= 4 is 11.1 Å². The van der Waals surface area contributed by atoms with Crippen molar-refractivity contribution in [3.8, 4) is 29.1 Å². The Morgan fingerprint density at radius 2 is 1.75 bits per heavy atom. The van der Waals surface area contributed by atoms with Crippen LogP contribution in [0.3, 0.4) is 0 Å². The van der Waals surface area contributed by atoms with Gasteiger partial charge in [-0.05, 0) is 85.0 Å². The van der Waals surface area contributed by atoms with Crippen LogP contribution in [0.2, 0.25) is 0 Å². The third kappa shape index (κ3) is 4.98. The summed E-state index contributed by atoms with van der Waals surface area (Å²) < 4.78 is 17.6. The first-order chi connectivity index (χ1) is 17.6. The molecule has 2 aliphatic rings. The molecule has 4 nitrogen and oxygen atoms in total. The van der Waals surface area contributed by atoms with E-state index in [0.29, 0.717) is 0 Å². The number of ether oxygens (including phenoxy) is 3. The fourth-order valence-electron chi connectivity index (χ4n) is 5.12. The summed E-state index contributed by atoms with van der Waals surface area (Å²) in [5.41, 5.74) is 6.52. The molecule has 0 bridgehead atoms. The molecule has 0 spiro atoms. The predicted octanol–water partition coefficient (Wildman–Crippen LogP) is 6.46. The van der Waals surface area contributed by atoms with Gasteiger partial charge in [-0.25, -0.2) is 0 Å². The lowest BCUT2D eigenvalue weighted by atomic mass is 9.86. The van der Waals surface area contributed by atoms with Gasteiger partial charge in [0.05, 0.1) is 20.8 Å². The molecule has 0 N–H and O–H groups in total. The van der Waals surface area contributed by atoms with E-state index in [9.17, 15) is 0 Å². The first kappa shape index (κ1) is 24.0.